The highest BCUT2D eigenvalue weighted by atomic mass is 16.6. The molecule has 12 fully saturated rings. The van der Waals surface area contributed by atoms with E-state index in [1.165, 1.54) is 38.5 Å². The number of cyclic esters (lactones) is 2. The number of hydrogen-bond donors (Lipinski definition) is 1. The smallest absolute Gasteiger partial charge is 0.347 e. The van der Waals surface area contributed by atoms with E-state index in [4.69, 9.17) is 33.2 Å². The van der Waals surface area contributed by atoms with Crippen LogP contribution in [0.25, 0.3) is 0 Å². The molecule has 8 unspecified atom stereocenters. The predicted molar refractivity (Wildman–Crippen MR) is 263 cm³/mol. The summed E-state index contributed by atoms with van der Waals surface area (Å²) in [4.78, 5) is 71.1. The molecule has 14 nitrogen and oxygen atoms in total. The maximum absolute atomic E-state index is 12.5. The van der Waals surface area contributed by atoms with E-state index in [0.29, 0.717) is 62.6 Å². The van der Waals surface area contributed by atoms with E-state index in [9.17, 15) is 33.9 Å². The number of carbonyl (C=O) groups excluding carboxylic acids is 6. The molecule has 1 N–H and O–H groups in total. The fourth-order valence-electron chi connectivity index (χ4n) is 13.7. The van der Waals surface area contributed by atoms with Crippen molar-refractivity contribution >= 4 is 35.8 Å². The first-order valence-electron chi connectivity index (χ1n) is 27.6. The number of esters is 6. The predicted octanol–water partition coefficient (Wildman–Crippen LogP) is 9.81. The third-order valence-corrected chi connectivity index (χ3v) is 19.6. The Bertz CT molecular complexity index is 1960. The van der Waals surface area contributed by atoms with Gasteiger partial charge in [-0.2, -0.15) is 0 Å². The first kappa shape index (κ1) is 55.5. The Hall–Kier alpha value is -3.26. The minimum Gasteiger partial charge on any atom is -0.465 e. The molecule has 71 heavy (non-hydrogen) atoms. The Balaban J connectivity index is 0.000000140. The molecule has 0 radical (unpaired) electrons. The van der Waals surface area contributed by atoms with Crippen molar-refractivity contribution in [3.63, 3.8) is 0 Å². The number of rotatable bonds is 12. The SMILES string of the molecule is CCC(C)(C)C(=O)OC1(C)C2CC3CC(C2)CC1C3.CCC(C)(C)C(=O)OC12CC3CC(CC(O)(C3)C1)C2.CCC(C)(C)C(=O)OC1CC2OC1C1COC(=O)C21.CCC(C)(C)C(=O)OC1CCOC1=O. The second-order valence-electron chi connectivity index (χ2n) is 26.6. The van der Waals surface area contributed by atoms with Gasteiger partial charge in [-0.05, 0) is 188 Å². The molecular formula is C57H90O14. The van der Waals surface area contributed by atoms with Gasteiger partial charge in [0.2, 0.25) is 6.10 Å². The van der Waals surface area contributed by atoms with Crippen molar-refractivity contribution in [3.05, 3.63) is 0 Å². The van der Waals surface area contributed by atoms with Gasteiger partial charge in [0.05, 0.1) is 52.5 Å². The summed E-state index contributed by atoms with van der Waals surface area (Å²) in [5, 5.41) is 10.6. The van der Waals surface area contributed by atoms with Crippen molar-refractivity contribution in [2.75, 3.05) is 13.2 Å². The monoisotopic (exact) mass is 999 g/mol. The van der Waals surface area contributed by atoms with E-state index in [-0.39, 0.29) is 76.6 Å². The topological polar surface area (TPSA) is 187 Å². The van der Waals surface area contributed by atoms with Crippen LogP contribution in [0.1, 0.15) is 199 Å². The van der Waals surface area contributed by atoms with Crippen LogP contribution in [0.2, 0.25) is 0 Å². The minimum atomic E-state index is -0.687. The summed E-state index contributed by atoms with van der Waals surface area (Å²) in [6, 6.07) is 0. The molecule has 4 aliphatic heterocycles. The van der Waals surface area contributed by atoms with Crippen LogP contribution in [0.3, 0.4) is 0 Å². The second kappa shape index (κ2) is 20.5. The molecule has 12 rings (SSSR count). The van der Waals surface area contributed by atoms with Crippen molar-refractivity contribution in [1.29, 1.82) is 0 Å². The van der Waals surface area contributed by atoms with Crippen molar-refractivity contribution in [3.8, 4) is 0 Å². The van der Waals surface area contributed by atoms with Crippen LogP contribution < -0.4 is 0 Å². The molecule has 4 saturated heterocycles. The lowest BCUT2D eigenvalue weighted by Gasteiger charge is -2.59. The zero-order valence-corrected chi connectivity index (χ0v) is 45.6. The molecule has 14 heteroatoms. The summed E-state index contributed by atoms with van der Waals surface area (Å²) in [6.45, 7) is 26.2. The van der Waals surface area contributed by atoms with Gasteiger partial charge in [-0.3, -0.25) is 24.0 Å². The Morgan fingerprint density at radius 2 is 1.08 bits per heavy atom. The molecule has 8 aliphatic carbocycles. The fraction of sp³-hybridized carbons (Fsp3) is 0.895. The van der Waals surface area contributed by atoms with Gasteiger partial charge in [0.1, 0.15) is 23.4 Å². The van der Waals surface area contributed by atoms with Gasteiger partial charge < -0.3 is 38.3 Å². The third-order valence-electron chi connectivity index (χ3n) is 19.6. The van der Waals surface area contributed by atoms with Crippen molar-refractivity contribution < 1.29 is 67.0 Å². The maximum atomic E-state index is 12.5. The highest BCUT2D eigenvalue weighted by Crippen LogP contribution is 2.61. The molecule has 8 atom stereocenters. The quantitative estimate of drug-likeness (QED) is 0.144. The van der Waals surface area contributed by atoms with Crippen LogP contribution in [0, 0.1) is 69.0 Å². The average molecular weight is 999 g/mol. The van der Waals surface area contributed by atoms with Gasteiger partial charge >= 0.3 is 35.8 Å². The van der Waals surface area contributed by atoms with Crippen LogP contribution in [0.5, 0.6) is 0 Å². The number of fused-ring (bicyclic) bond motifs is 5. The minimum absolute atomic E-state index is 0.0185. The van der Waals surface area contributed by atoms with E-state index in [2.05, 4.69) is 13.8 Å². The normalized spacial score (nSPS) is 38.8. The molecular weight excluding hydrogens is 909 g/mol. The number of hydrogen-bond acceptors (Lipinski definition) is 14. The van der Waals surface area contributed by atoms with Gasteiger partial charge in [-0.25, -0.2) is 4.79 Å². The summed E-state index contributed by atoms with van der Waals surface area (Å²) < 4.78 is 38.4. The first-order valence-corrected chi connectivity index (χ1v) is 27.6. The Labute approximate surface area is 424 Å². The van der Waals surface area contributed by atoms with Crippen LogP contribution in [-0.2, 0) is 61.9 Å². The third kappa shape index (κ3) is 11.5. The summed E-state index contributed by atoms with van der Waals surface area (Å²) in [7, 11) is 0. The van der Waals surface area contributed by atoms with Crippen LogP contribution in [0.15, 0.2) is 0 Å². The van der Waals surface area contributed by atoms with Gasteiger partial charge in [-0.15, -0.1) is 0 Å². The van der Waals surface area contributed by atoms with Crippen molar-refractivity contribution in [2.45, 2.75) is 240 Å². The largest absolute Gasteiger partial charge is 0.465 e. The van der Waals surface area contributed by atoms with E-state index >= 15 is 0 Å². The van der Waals surface area contributed by atoms with Crippen molar-refractivity contribution in [1.82, 2.24) is 0 Å². The van der Waals surface area contributed by atoms with E-state index in [0.717, 1.165) is 56.8 Å². The molecule has 0 spiro atoms. The number of aliphatic hydroxyl groups is 1. The van der Waals surface area contributed by atoms with Gasteiger partial charge in [0, 0.05) is 25.2 Å². The Kier molecular flexibility index (Phi) is 16.0. The molecule has 0 aromatic rings. The van der Waals surface area contributed by atoms with Gasteiger partial charge in [0.15, 0.2) is 0 Å². The van der Waals surface area contributed by atoms with E-state index in [1.54, 1.807) is 13.8 Å². The summed E-state index contributed by atoms with van der Waals surface area (Å²) >= 11 is 0. The summed E-state index contributed by atoms with van der Waals surface area (Å²) in [5.74, 6) is 2.98. The van der Waals surface area contributed by atoms with Crippen LogP contribution in [0.4, 0.5) is 0 Å². The zero-order chi connectivity index (χ0) is 52.3. The molecule has 0 amide bonds. The van der Waals surface area contributed by atoms with E-state index in [1.807, 2.05) is 62.3 Å². The van der Waals surface area contributed by atoms with Gasteiger partial charge in [0.25, 0.3) is 0 Å². The van der Waals surface area contributed by atoms with Crippen molar-refractivity contribution in [2.24, 2.45) is 69.0 Å². The van der Waals surface area contributed by atoms with Gasteiger partial charge in [-0.1, -0.05) is 27.7 Å². The highest BCUT2D eigenvalue weighted by molar-refractivity contribution is 5.83. The molecule has 4 heterocycles. The molecule has 10 bridgehead atoms. The second-order valence-corrected chi connectivity index (χ2v) is 26.6. The Morgan fingerprint density at radius 3 is 1.56 bits per heavy atom. The first-order chi connectivity index (χ1) is 33.0. The van der Waals surface area contributed by atoms with Crippen LogP contribution in [-0.4, -0.2) is 95.4 Å². The van der Waals surface area contributed by atoms with E-state index < -0.39 is 33.9 Å². The average Bonchev–Trinajstić information content (AvgIpc) is 4.09. The molecule has 402 valence electrons. The molecule has 12 aliphatic rings. The maximum Gasteiger partial charge on any atom is 0.347 e. The Morgan fingerprint density at radius 1 is 0.606 bits per heavy atom. The molecule has 8 saturated carbocycles. The zero-order valence-electron chi connectivity index (χ0n) is 45.6. The highest BCUT2D eigenvalue weighted by Gasteiger charge is 2.63. The fourth-order valence-corrected chi connectivity index (χ4v) is 13.7. The van der Waals surface area contributed by atoms with Crippen LogP contribution >= 0.6 is 0 Å². The number of carbonyl (C=O) groups is 6. The summed E-state index contributed by atoms with van der Waals surface area (Å²) in [5.41, 5.74) is -2.82. The summed E-state index contributed by atoms with van der Waals surface area (Å²) in [6.07, 6.45) is 15.2. The molecule has 0 aromatic heterocycles. The number of ether oxygens (including phenoxy) is 7. The lowest BCUT2D eigenvalue weighted by molar-refractivity contribution is -0.225. The molecule has 0 aromatic carbocycles. The standard InChI is InChI=1S/C17H28O2.C16H26O3.C14H20O5.C10H16O4/c1-5-16(2,3)15(18)19-17(4)13-7-11-6-12(9-13)10-14(17)8-11;1-4-14(2,3)13(17)19-16-8-11-5-12(9-16)7-15(18,6-11)10-16;1-4-14(2,3)13(16)19-9-5-8-10-7(11(9)18-8)6-17-12(10)15;1-4-10(2,3)9(12)14-7-5-6-13-8(7)11/h11-14H,5-10H2,1-4H3;11-12,18H,4-10H2,1-3H3;7-11H,4-6H2,1-3H3;7H,4-6H2,1-3H3. The lowest BCUT2D eigenvalue weighted by atomic mass is 9.50. The lowest BCUT2D eigenvalue weighted by Crippen LogP contribution is -2.61.